The van der Waals surface area contributed by atoms with Gasteiger partial charge >= 0.3 is 0 Å². The molecule has 0 unspecified atom stereocenters. The van der Waals surface area contributed by atoms with Crippen molar-refractivity contribution in [3.05, 3.63) is 59.3 Å². The van der Waals surface area contributed by atoms with Crippen molar-refractivity contribution >= 4 is 16.8 Å². The first-order valence-electron chi connectivity index (χ1n) is 8.33. The highest BCUT2D eigenvalue weighted by Gasteiger charge is 2.25. The van der Waals surface area contributed by atoms with Crippen LogP contribution in [0.25, 0.3) is 10.9 Å². The van der Waals surface area contributed by atoms with Gasteiger partial charge in [0.2, 0.25) is 0 Å². The zero-order valence-electron chi connectivity index (χ0n) is 14.4. The van der Waals surface area contributed by atoms with Gasteiger partial charge in [0.15, 0.2) is 5.82 Å². The molecule has 1 aliphatic rings. The number of benzene rings is 1. The number of methoxy groups -OCH3 is 1. The first kappa shape index (κ1) is 15.8. The molecule has 4 rings (SSSR count). The summed E-state index contributed by atoms with van der Waals surface area (Å²) in [5, 5.41) is 0.993. The quantitative estimate of drug-likeness (QED) is 0.736. The molecule has 0 spiro atoms. The van der Waals surface area contributed by atoms with Gasteiger partial charge in [0.25, 0.3) is 5.91 Å². The van der Waals surface area contributed by atoms with Crippen LogP contribution in [-0.2, 0) is 31.4 Å². The second-order valence-electron chi connectivity index (χ2n) is 6.34. The van der Waals surface area contributed by atoms with E-state index in [1.54, 1.807) is 7.11 Å². The van der Waals surface area contributed by atoms with E-state index in [-0.39, 0.29) is 5.91 Å². The monoisotopic (exact) mass is 336 g/mol. The van der Waals surface area contributed by atoms with Crippen LogP contribution in [-0.4, -0.2) is 39.0 Å². The van der Waals surface area contributed by atoms with E-state index in [0.717, 1.165) is 34.1 Å². The molecule has 6 heteroatoms. The molecule has 0 N–H and O–H groups in total. The average Bonchev–Trinajstić information content (AvgIpc) is 2.98. The Morgan fingerprint density at radius 3 is 3.00 bits per heavy atom. The Bertz CT molecular complexity index is 948. The van der Waals surface area contributed by atoms with Gasteiger partial charge in [-0.15, -0.1) is 0 Å². The summed E-state index contributed by atoms with van der Waals surface area (Å²) in [6.45, 7) is 1.62. The molecule has 128 valence electrons. The van der Waals surface area contributed by atoms with Crippen molar-refractivity contribution in [1.29, 1.82) is 0 Å². The van der Waals surface area contributed by atoms with Gasteiger partial charge in [-0.25, -0.2) is 9.97 Å². The number of fused-ring (bicyclic) bond motifs is 2. The van der Waals surface area contributed by atoms with Gasteiger partial charge in [0, 0.05) is 62.5 Å². The van der Waals surface area contributed by atoms with E-state index in [0.29, 0.717) is 25.5 Å². The number of carbonyl (C=O) groups excluding carboxylic acids is 1. The van der Waals surface area contributed by atoms with Crippen molar-refractivity contribution in [1.82, 2.24) is 19.4 Å². The van der Waals surface area contributed by atoms with E-state index in [1.165, 1.54) is 0 Å². The van der Waals surface area contributed by atoms with Gasteiger partial charge in [-0.1, -0.05) is 18.2 Å². The number of nitrogens with zero attached hydrogens (tertiary/aromatic N) is 4. The highest BCUT2D eigenvalue weighted by atomic mass is 16.5. The van der Waals surface area contributed by atoms with Crippen molar-refractivity contribution in [2.75, 3.05) is 13.7 Å². The van der Waals surface area contributed by atoms with Crippen molar-refractivity contribution in [2.24, 2.45) is 7.05 Å². The van der Waals surface area contributed by atoms with Crippen LogP contribution in [0.15, 0.2) is 36.7 Å². The standard InChI is InChI=1S/C19H20N4O2/c1-22-11-15(14-5-3-4-6-17(14)22)19(24)23-8-7-16-13(10-23)9-20-18(21-16)12-25-2/h3-6,9,11H,7-8,10,12H2,1-2H3. The van der Waals surface area contributed by atoms with Crippen LogP contribution in [0.5, 0.6) is 0 Å². The topological polar surface area (TPSA) is 60.3 Å². The summed E-state index contributed by atoms with van der Waals surface area (Å²) in [6, 6.07) is 7.99. The van der Waals surface area contributed by atoms with Crippen molar-refractivity contribution in [3.63, 3.8) is 0 Å². The predicted octanol–water partition coefficient (Wildman–Crippen LogP) is 2.31. The maximum atomic E-state index is 13.1. The molecule has 0 radical (unpaired) electrons. The predicted molar refractivity (Wildman–Crippen MR) is 94.1 cm³/mol. The van der Waals surface area contributed by atoms with Gasteiger partial charge in [-0.2, -0.15) is 0 Å². The third kappa shape index (κ3) is 2.78. The Morgan fingerprint density at radius 2 is 2.16 bits per heavy atom. The summed E-state index contributed by atoms with van der Waals surface area (Å²) in [5.41, 5.74) is 3.85. The van der Waals surface area contributed by atoms with Gasteiger partial charge in [0.1, 0.15) is 6.61 Å². The minimum Gasteiger partial charge on any atom is -0.377 e. The fraction of sp³-hybridized carbons (Fsp3) is 0.316. The summed E-state index contributed by atoms with van der Waals surface area (Å²) in [6.07, 6.45) is 4.48. The minimum atomic E-state index is 0.0587. The largest absolute Gasteiger partial charge is 0.377 e. The molecule has 1 amide bonds. The fourth-order valence-corrected chi connectivity index (χ4v) is 3.41. The highest BCUT2D eigenvalue weighted by molar-refractivity contribution is 6.07. The van der Waals surface area contributed by atoms with Crippen molar-refractivity contribution in [2.45, 2.75) is 19.6 Å². The Morgan fingerprint density at radius 1 is 1.32 bits per heavy atom. The molecule has 0 atom stereocenters. The molecule has 0 saturated heterocycles. The van der Waals surface area contributed by atoms with E-state index in [1.807, 2.05) is 53.2 Å². The van der Waals surface area contributed by atoms with Crippen LogP contribution in [0.1, 0.15) is 27.4 Å². The number of rotatable bonds is 3. The van der Waals surface area contributed by atoms with E-state index in [9.17, 15) is 4.79 Å². The Kier molecular flexibility index (Phi) is 3.97. The number of ether oxygens (including phenoxy) is 1. The second kappa shape index (κ2) is 6.29. The van der Waals surface area contributed by atoms with Gasteiger partial charge < -0.3 is 14.2 Å². The highest BCUT2D eigenvalue weighted by Crippen LogP contribution is 2.24. The van der Waals surface area contributed by atoms with Crippen LogP contribution >= 0.6 is 0 Å². The van der Waals surface area contributed by atoms with Crippen molar-refractivity contribution in [3.8, 4) is 0 Å². The lowest BCUT2D eigenvalue weighted by Gasteiger charge is -2.28. The molecular formula is C19H20N4O2. The average molecular weight is 336 g/mol. The molecule has 3 aromatic rings. The van der Waals surface area contributed by atoms with E-state index < -0.39 is 0 Å². The van der Waals surface area contributed by atoms with Crippen molar-refractivity contribution < 1.29 is 9.53 Å². The third-order valence-electron chi connectivity index (χ3n) is 4.67. The zero-order valence-corrected chi connectivity index (χ0v) is 14.4. The molecule has 0 aliphatic carbocycles. The van der Waals surface area contributed by atoms with Gasteiger partial charge in [-0.3, -0.25) is 4.79 Å². The van der Waals surface area contributed by atoms with Crippen LogP contribution in [0.2, 0.25) is 0 Å². The van der Waals surface area contributed by atoms with Crippen LogP contribution in [0, 0.1) is 0 Å². The Balaban J connectivity index is 1.61. The number of amides is 1. The molecule has 2 aromatic heterocycles. The molecule has 6 nitrogen and oxygen atoms in total. The maximum Gasteiger partial charge on any atom is 0.256 e. The third-order valence-corrected chi connectivity index (χ3v) is 4.67. The lowest BCUT2D eigenvalue weighted by molar-refractivity contribution is 0.0734. The van der Waals surface area contributed by atoms with E-state index in [2.05, 4.69) is 9.97 Å². The summed E-state index contributed by atoms with van der Waals surface area (Å²) >= 11 is 0. The van der Waals surface area contributed by atoms with E-state index in [4.69, 9.17) is 4.74 Å². The minimum absolute atomic E-state index is 0.0587. The molecule has 0 fully saturated rings. The molecule has 1 aromatic carbocycles. The summed E-state index contributed by atoms with van der Waals surface area (Å²) in [4.78, 5) is 23.8. The molecule has 1 aliphatic heterocycles. The van der Waals surface area contributed by atoms with Gasteiger partial charge in [0.05, 0.1) is 11.3 Å². The number of hydrogen-bond acceptors (Lipinski definition) is 4. The SMILES string of the molecule is COCc1ncc2c(n1)CCN(C(=O)c1cn(C)c3ccccc13)C2. The maximum absolute atomic E-state index is 13.1. The lowest BCUT2D eigenvalue weighted by atomic mass is 10.1. The number of hydrogen-bond donors (Lipinski definition) is 0. The zero-order chi connectivity index (χ0) is 17.4. The summed E-state index contributed by atoms with van der Waals surface area (Å²) < 4.78 is 7.09. The molecule has 25 heavy (non-hydrogen) atoms. The fourth-order valence-electron chi connectivity index (χ4n) is 3.41. The summed E-state index contributed by atoms with van der Waals surface area (Å²) in [5.74, 6) is 0.749. The summed E-state index contributed by atoms with van der Waals surface area (Å²) in [7, 11) is 3.60. The smallest absolute Gasteiger partial charge is 0.256 e. The number of aryl methyl sites for hydroxylation is 1. The molecule has 3 heterocycles. The molecular weight excluding hydrogens is 316 g/mol. The van der Waals surface area contributed by atoms with Gasteiger partial charge in [-0.05, 0) is 6.07 Å². The molecule has 0 bridgehead atoms. The van der Waals surface area contributed by atoms with Crippen LogP contribution in [0.4, 0.5) is 0 Å². The van der Waals surface area contributed by atoms with Crippen LogP contribution in [0.3, 0.4) is 0 Å². The second-order valence-corrected chi connectivity index (χ2v) is 6.34. The first-order chi connectivity index (χ1) is 12.2. The number of aromatic nitrogens is 3. The molecule has 0 saturated carbocycles. The Hall–Kier alpha value is -2.73. The lowest BCUT2D eigenvalue weighted by Crippen LogP contribution is -2.36. The Labute approximate surface area is 146 Å². The van der Waals surface area contributed by atoms with Crippen LogP contribution < -0.4 is 0 Å². The van der Waals surface area contributed by atoms with E-state index >= 15 is 0 Å². The number of para-hydroxylation sites is 1. The number of carbonyl (C=O) groups is 1. The normalized spacial score (nSPS) is 13.9. The first-order valence-corrected chi connectivity index (χ1v) is 8.33.